The minimum Gasteiger partial charge on any atom is -0.480 e. The van der Waals surface area contributed by atoms with Crippen LogP contribution < -0.4 is 5.32 Å². The lowest BCUT2D eigenvalue weighted by atomic mass is 10.0. The zero-order valence-electron chi connectivity index (χ0n) is 19.4. The summed E-state index contributed by atoms with van der Waals surface area (Å²) in [6.45, 7) is 1.53. The first-order valence-corrected chi connectivity index (χ1v) is 12.0. The fraction of sp³-hybridized carbons (Fsp3) is 0.625. The van der Waals surface area contributed by atoms with E-state index in [1.54, 1.807) is 0 Å². The Bertz CT molecular complexity index is 807. The summed E-state index contributed by atoms with van der Waals surface area (Å²) in [5, 5.41) is 24.9. The number of aliphatic carboxylic acids is 1. The maximum Gasteiger partial charge on any atom is 0.328 e. The van der Waals surface area contributed by atoms with E-state index in [1.807, 2.05) is 35.3 Å². The number of carbonyl (C=O) groups excluding carboxylic acids is 2. The van der Waals surface area contributed by atoms with Gasteiger partial charge in [-0.15, -0.1) is 0 Å². The minimum absolute atomic E-state index is 0.0436. The van der Waals surface area contributed by atoms with Crippen LogP contribution in [0.3, 0.4) is 0 Å². The Kier molecular flexibility index (Phi) is 10.3. The summed E-state index contributed by atoms with van der Waals surface area (Å²) in [4.78, 5) is 38.1. The van der Waals surface area contributed by atoms with Crippen LogP contribution in [0.15, 0.2) is 30.3 Å². The molecule has 0 radical (unpaired) electrons. The second-order valence-corrected chi connectivity index (χ2v) is 8.57. The van der Waals surface area contributed by atoms with Gasteiger partial charge < -0.3 is 19.7 Å². The van der Waals surface area contributed by atoms with Gasteiger partial charge in [-0.25, -0.2) is 9.80 Å². The van der Waals surface area contributed by atoms with E-state index in [1.165, 1.54) is 5.01 Å². The number of nitrogens with zero attached hydrogens (tertiary/aromatic N) is 2. The number of ether oxygens (including phenoxy) is 2. The number of rotatable bonds is 12. The van der Waals surface area contributed by atoms with Gasteiger partial charge in [0.15, 0.2) is 0 Å². The monoisotopic (exact) mass is 477 g/mol. The molecule has 0 bridgehead atoms. The molecule has 1 aromatic carbocycles. The lowest BCUT2D eigenvalue weighted by molar-refractivity contribution is -0.174. The Morgan fingerprint density at radius 2 is 1.82 bits per heavy atom. The fourth-order valence-corrected chi connectivity index (χ4v) is 4.49. The van der Waals surface area contributed by atoms with Crippen LogP contribution in [0.25, 0.3) is 0 Å². The van der Waals surface area contributed by atoms with Crippen LogP contribution in [0.5, 0.6) is 0 Å². The topological polar surface area (TPSA) is 129 Å². The van der Waals surface area contributed by atoms with Crippen LogP contribution >= 0.6 is 0 Å². The molecule has 188 valence electrons. The van der Waals surface area contributed by atoms with Crippen molar-refractivity contribution >= 4 is 17.8 Å². The van der Waals surface area contributed by atoms with Gasteiger partial charge in [0.05, 0.1) is 25.9 Å². The molecule has 10 nitrogen and oxygen atoms in total. The van der Waals surface area contributed by atoms with E-state index >= 15 is 0 Å². The van der Waals surface area contributed by atoms with Crippen molar-refractivity contribution in [3.8, 4) is 0 Å². The first kappa shape index (κ1) is 26.1. The van der Waals surface area contributed by atoms with Crippen LogP contribution in [0, 0.1) is 0 Å². The summed E-state index contributed by atoms with van der Waals surface area (Å²) in [6.07, 6.45) is 3.40. The highest BCUT2D eigenvalue weighted by Gasteiger charge is 2.42. The molecule has 0 saturated carbocycles. The molecule has 3 atom stereocenters. The molecule has 3 unspecified atom stereocenters. The first-order chi connectivity index (χ1) is 16.5. The number of benzene rings is 1. The van der Waals surface area contributed by atoms with Crippen LogP contribution in [0.4, 0.5) is 0 Å². The number of aryl methyl sites for hydroxylation is 1. The van der Waals surface area contributed by atoms with E-state index < -0.39 is 30.1 Å². The van der Waals surface area contributed by atoms with Gasteiger partial charge in [-0.1, -0.05) is 30.3 Å². The zero-order valence-corrected chi connectivity index (χ0v) is 19.4. The van der Waals surface area contributed by atoms with Gasteiger partial charge in [0.25, 0.3) is 5.91 Å². The SMILES string of the molecule is O=C(OCCOCCO)C(CCc1ccccc1)NC1CCCN2CCCC(C(=O)O)N2C1=O. The Hall–Kier alpha value is -2.53. The second-order valence-electron chi connectivity index (χ2n) is 8.57. The molecule has 2 aliphatic rings. The van der Waals surface area contributed by atoms with Crippen LogP contribution in [0.1, 0.15) is 37.7 Å². The van der Waals surface area contributed by atoms with Crippen molar-refractivity contribution in [2.45, 2.75) is 56.7 Å². The smallest absolute Gasteiger partial charge is 0.328 e. The van der Waals surface area contributed by atoms with E-state index in [4.69, 9.17) is 14.6 Å². The molecule has 10 heteroatoms. The predicted molar refractivity (Wildman–Crippen MR) is 123 cm³/mol. The Morgan fingerprint density at radius 3 is 2.53 bits per heavy atom. The highest BCUT2D eigenvalue weighted by Crippen LogP contribution is 2.24. The van der Waals surface area contributed by atoms with Gasteiger partial charge in [0, 0.05) is 13.1 Å². The number of nitrogens with one attached hydrogen (secondary N) is 1. The summed E-state index contributed by atoms with van der Waals surface area (Å²) < 4.78 is 10.5. The predicted octanol–water partition coefficient (Wildman–Crippen LogP) is 0.585. The summed E-state index contributed by atoms with van der Waals surface area (Å²) in [5.41, 5.74) is 1.06. The molecule has 1 amide bonds. The number of carboxylic acids is 1. The fourth-order valence-electron chi connectivity index (χ4n) is 4.49. The van der Waals surface area contributed by atoms with Gasteiger partial charge in [0.2, 0.25) is 0 Å². The van der Waals surface area contributed by atoms with E-state index in [0.717, 1.165) is 12.0 Å². The molecule has 2 fully saturated rings. The number of hydrogen-bond acceptors (Lipinski definition) is 8. The van der Waals surface area contributed by atoms with Crippen molar-refractivity contribution in [3.63, 3.8) is 0 Å². The average Bonchev–Trinajstić information content (AvgIpc) is 3.00. The largest absolute Gasteiger partial charge is 0.480 e. The molecular weight excluding hydrogens is 442 g/mol. The summed E-state index contributed by atoms with van der Waals surface area (Å²) in [6, 6.07) is 7.45. The third-order valence-electron chi connectivity index (χ3n) is 6.17. The van der Waals surface area contributed by atoms with Gasteiger partial charge in [0.1, 0.15) is 18.7 Å². The zero-order chi connectivity index (χ0) is 24.3. The molecule has 0 spiro atoms. The molecule has 1 aromatic rings. The lowest BCUT2D eigenvalue weighted by Crippen LogP contribution is -2.61. The van der Waals surface area contributed by atoms with E-state index in [-0.39, 0.29) is 32.3 Å². The summed E-state index contributed by atoms with van der Waals surface area (Å²) in [5.74, 6) is -1.80. The van der Waals surface area contributed by atoms with E-state index in [9.17, 15) is 19.5 Å². The second kappa shape index (κ2) is 13.4. The van der Waals surface area contributed by atoms with Gasteiger partial charge >= 0.3 is 11.9 Å². The quantitative estimate of drug-likeness (QED) is 0.293. The van der Waals surface area contributed by atoms with Gasteiger partial charge in [-0.2, -0.15) is 0 Å². The van der Waals surface area contributed by atoms with Gasteiger partial charge in [-0.05, 0) is 44.1 Å². The van der Waals surface area contributed by atoms with E-state index in [2.05, 4.69) is 5.32 Å². The third kappa shape index (κ3) is 7.23. The molecule has 3 N–H and O–H groups in total. The number of aliphatic hydroxyl groups excluding tert-OH is 1. The van der Waals surface area contributed by atoms with Crippen LogP contribution in [-0.2, 0) is 30.3 Å². The maximum atomic E-state index is 13.4. The minimum atomic E-state index is -1.01. The number of amides is 1. The normalized spacial score (nSPS) is 22.0. The van der Waals surface area contributed by atoms with E-state index in [0.29, 0.717) is 45.2 Å². The highest BCUT2D eigenvalue weighted by molar-refractivity contribution is 5.87. The summed E-state index contributed by atoms with van der Waals surface area (Å²) >= 11 is 0. The number of carboxylic acid groups (broad SMARTS) is 1. The molecule has 0 aromatic heterocycles. The number of carbonyl (C=O) groups is 3. The van der Waals surface area contributed by atoms with Crippen molar-refractivity contribution in [2.75, 3.05) is 39.5 Å². The molecule has 2 aliphatic heterocycles. The molecule has 0 aliphatic carbocycles. The number of esters is 1. The van der Waals surface area contributed by atoms with Crippen molar-refractivity contribution in [1.82, 2.24) is 15.3 Å². The van der Waals surface area contributed by atoms with Crippen molar-refractivity contribution in [1.29, 1.82) is 0 Å². The molecule has 2 heterocycles. The Balaban J connectivity index is 1.69. The molecular formula is C24H35N3O7. The molecule has 34 heavy (non-hydrogen) atoms. The van der Waals surface area contributed by atoms with Crippen LogP contribution in [-0.4, -0.2) is 95.7 Å². The molecule has 2 saturated heterocycles. The van der Waals surface area contributed by atoms with Gasteiger partial charge in [-0.3, -0.25) is 19.9 Å². The summed E-state index contributed by atoms with van der Waals surface area (Å²) in [7, 11) is 0. The first-order valence-electron chi connectivity index (χ1n) is 12.0. The lowest BCUT2D eigenvalue weighted by Gasteiger charge is -2.42. The Morgan fingerprint density at radius 1 is 1.09 bits per heavy atom. The number of aliphatic hydroxyl groups is 1. The highest BCUT2D eigenvalue weighted by atomic mass is 16.6. The average molecular weight is 478 g/mol. The third-order valence-corrected chi connectivity index (χ3v) is 6.17. The Labute approximate surface area is 199 Å². The maximum absolute atomic E-state index is 13.4. The number of fused-ring (bicyclic) bond motifs is 1. The van der Waals surface area contributed by atoms with Crippen LogP contribution in [0.2, 0.25) is 0 Å². The molecule has 3 rings (SSSR count). The number of hydrazine groups is 1. The van der Waals surface area contributed by atoms with Crippen molar-refractivity contribution in [2.24, 2.45) is 0 Å². The van der Waals surface area contributed by atoms with Crippen molar-refractivity contribution in [3.05, 3.63) is 35.9 Å². The number of hydrogen-bond donors (Lipinski definition) is 3. The standard InChI is InChI=1S/C24H35N3O7/c28-14-15-33-16-17-34-24(32)20(11-10-18-6-2-1-3-7-18)25-19-8-4-12-26-13-5-9-21(23(30)31)27(26)22(19)29/h1-3,6-7,19-21,25,28H,4-5,8-17H2,(H,30,31). The van der Waals surface area contributed by atoms with Crippen molar-refractivity contribution < 1.29 is 34.1 Å².